The fourth-order valence-electron chi connectivity index (χ4n) is 6.51. The summed E-state index contributed by atoms with van der Waals surface area (Å²) in [6.45, 7) is 18.0. The Labute approximate surface area is 243 Å². The van der Waals surface area contributed by atoms with E-state index in [1.54, 1.807) is 4.90 Å². The summed E-state index contributed by atoms with van der Waals surface area (Å²) >= 11 is 0. The maximum Gasteiger partial charge on any atom is 0.416 e. The first-order chi connectivity index (χ1) is 19.4. The van der Waals surface area contributed by atoms with Gasteiger partial charge < -0.3 is 14.5 Å². The molecule has 5 nitrogen and oxygen atoms in total. The fraction of sp³-hybridized carbons (Fsp3) is 0.606. The summed E-state index contributed by atoms with van der Waals surface area (Å²) in [5, 5.41) is 0. The number of rotatable bonds is 9. The number of hydrogen-bond acceptors (Lipinski definition) is 4. The first-order valence-electron chi connectivity index (χ1n) is 15.1. The molecular formula is C33H46F3N3O2. The van der Waals surface area contributed by atoms with E-state index in [-0.39, 0.29) is 17.5 Å². The number of ether oxygens (including phenoxy) is 1. The fourth-order valence-corrected chi connectivity index (χ4v) is 6.51. The van der Waals surface area contributed by atoms with Crippen LogP contribution >= 0.6 is 0 Å². The summed E-state index contributed by atoms with van der Waals surface area (Å²) < 4.78 is 44.8. The predicted octanol–water partition coefficient (Wildman–Crippen LogP) is 6.98. The number of hydrogen-bond donors (Lipinski definition) is 0. The highest BCUT2D eigenvalue weighted by atomic mass is 19.4. The number of unbranched alkanes of at least 4 members (excludes halogenated alkanes) is 1. The predicted molar refractivity (Wildman–Crippen MR) is 157 cm³/mol. The van der Waals surface area contributed by atoms with E-state index >= 15 is 0 Å². The Morgan fingerprint density at radius 1 is 0.927 bits per heavy atom. The molecule has 2 aliphatic rings. The van der Waals surface area contributed by atoms with Crippen LogP contribution in [0.25, 0.3) is 0 Å². The van der Waals surface area contributed by atoms with Gasteiger partial charge in [-0.15, -0.1) is 0 Å². The van der Waals surface area contributed by atoms with Gasteiger partial charge in [0.05, 0.1) is 12.2 Å². The quantitative estimate of drug-likeness (QED) is 0.304. The van der Waals surface area contributed by atoms with Crippen molar-refractivity contribution in [1.82, 2.24) is 14.7 Å². The van der Waals surface area contributed by atoms with Crippen LogP contribution in [0.1, 0.15) is 78.7 Å². The normalized spacial score (nSPS) is 21.6. The summed E-state index contributed by atoms with van der Waals surface area (Å²) in [6, 6.07) is 8.92. The zero-order valence-corrected chi connectivity index (χ0v) is 25.3. The van der Waals surface area contributed by atoms with E-state index in [0.717, 1.165) is 55.7 Å². The molecule has 0 N–H and O–H groups in total. The van der Waals surface area contributed by atoms with E-state index in [9.17, 15) is 18.0 Å². The van der Waals surface area contributed by atoms with Gasteiger partial charge in [0.25, 0.3) is 5.91 Å². The lowest BCUT2D eigenvalue weighted by Crippen LogP contribution is -2.49. The van der Waals surface area contributed by atoms with Gasteiger partial charge >= 0.3 is 6.18 Å². The Bertz CT molecular complexity index is 1150. The average Bonchev–Trinajstić information content (AvgIpc) is 2.93. The molecule has 8 heteroatoms. The molecule has 0 radical (unpaired) electrons. The summed E-state index contributed by atoms with van der Waals surface area (Å²) in [6.07, 6.45) is -0.866. The molecule has 0 spiro atoms. The first-order valence-corrected chi connectivity index (χ1v) is 15.1. The van der Waals surface area contributed by atoms with Gasteiger partial charge in [0.1, 0.15) is 5.75 Å². The maximum absolute atomic E-state index is 12.9. The molecule has 2 heterocycles. The van der Waals surface area contributed by atoms with Crippen molar-refractivity contribution >= 4 is 5.91 Å². The monoisotopic (exact) mass is 573 g/mol. The lowest BCUT2D eigenvalue weighted by atomic mass is 9.92. The van der Waals surface area contributed by atoms with Crippen LogP contribution in [0.15, 0.2) is 36.4 Å². The van der Waals surface area contributed by atoms with Gasteiger partial charge in [-0.2, -0.15) is 13.2 Å². The molecule has 2 fully saturated rings. The minimum absolute atomic E-state index is 0.181. The molecule has 0 saturated carbocycles. The number of piperazine rings is 1. The Morgan fingerprint density at radius 2 is 1.56 bits per heavy atom. The van der Waals surface area contributed by atoms with Crippen molar-refractivity contribution in [3.63, 3.8) is 0 Å². The highest BCUT2D eigenvalue weighted by Gasteiger charge is 2.31. The van der Waals surface area contributed by atoms with Crippen molar-refractivity contribution < 1.29 is 22.7 Å². The minimum atomic E-state index is -4.41. The summed E-state index contributed by atoms with van der Waals surface area (Å²) in [7, 11) is 0. The third-order valence-electron chi connectivity index (χ3n) is 8.91. The number of amides is 1. The van der Waals surface area contributed by atoms with Crippen molar-refractivity contribution in [2.75, 3.05) is 52.4 Å². The first kappa shape index (κ1) is 31.4. The van der Waals surface area contributed by atoms with Crippen molar-refractivity contribution in [1.29, 1.82) is 0 Å². The number of benzene rings is 2. The molecule has 41 heavy (non-hydrogen) atoms. The van der Waals surface area contributed by atoms with Crippen molar-refractivity contribution in [3.8, 4) is 5.75 Å². The summed E-state index contributed by atoms with van der Waals surface area (Å²) in [4.78, 5) is 19.6. The van der Waals surface area contributed by atoms with Gasteiger partial charge in [-0.1, -0.05) is 19.9 Å². The second kappa shape index (κ2) is 13.6. The van der Waals surface area contributed by atoms with Gasteiger partial charge in [-0.25, -0.2) is 0 Å². The summed E-state index contributed by atoms with van der Waals surface area (Å²) in [5.74, 6) is 2.31. The number of alkyl halides is 3. The molecule has 2 aromatic carbocycles. The zero-order chi connectivity index (χ0) is 29.7. The number of carbonyl (C=O) groups excluding carboxylic acids is 1. The third kappa shape index (κ3) is 8.04. The van der Waals surface area contributed by atoms with E-state index in [0.29, 0.717) is 26.2 Å². The van der Waals surface area contributed by atoms with Gasteiger partial charge in [-0.05, 0) is 105 Å². The highest BCUT2D eigenvalue weighted by Crippen LogP contribution is 2.32. The van der Waals surface area contributed by atoms with Crippen LogP contribution in [0.2, 0.25) is 0 Å². The molecule has 226 valence electrons. The molecule has 2 aromatic rings. The van der Waals surface area contributed by atoms with E-state index in [1.165, 1.54) is 48.3 Å². The minimum Gasteiger partial charge on any atom is -0.493 e. The molecule has 3 atom stereocenters. The topological polar surface area (TPSA) is 36.0 Å². The molecular weight excluding hydrogens is 527 g/mol. The smallest absolute Gasteiger partial charge is 0.416 e. The van der Waals surface area contributed by atoms with E-state index in [1.807, 2.05) is 0 Å². The van der Waals surface area contributed by atoms with Crippen molar-refractivity contribution in [2.24, 2.45) is 11.8 Å². The lowest BCUT2D eigenvalue weighted by molar-refractivity contribution is -0.137. The highest BCUT2D eigenvalue weighted by molar-refractivity contribution is 5.94. The number of halogens is 3. The van der Waals surface area contributed by atoms with Gasteiger partial charge in [0.15, 0.2) is 0 Å². The Hall–Kier alpha value is -2.58. The average molecular weight is 574 g/mol. The van der Waals surface area contributed by atoms with Crippen molar-refractivity contribution in [2.45, 2.75) is 66.1 Å². The van der Waals surface area contributed by atoms with Crippen LogP contribution in [-0.2, 0) is 6.18 Å². The van der Waals surface area contributed by atoms with Crippen molar-refractivity contribution in [3.05, 3.63) is 64.2 Å². The maximum atomic E-state index is 12.9. The van der Waals surface area contributed by atoms with Gasteiger partial charge in [-0.3, -0.25) is 9.69 Å². The molecule has 0 bridgehead atoms. The molecule has 4 rings (SSSR count). The third-order valence-corrected chi connectivity index (χ3v) is 8.91. The number of likely N-dealkylation sites (tertiary alicyclic amines) is 1. The van der Waals surface area contributed by atoms with Gasteiger partial charge in [0.2, 0.25) is 0 Å². The van der Waals surface area contributed by atoms with E-state index in [4.69, 9.17) is 4.74 Å². The Morgan fingerprint density at radius 3 is 2.17 bits per heavy atom. The Balaban J connectivity index is 1.25. The van der Waals surface area contributed by atoms with E-state index in [2.05, 4.69) is 56.6 Å². The van der Waals surface area contributed by atoms with Crippen LogP contribution in [0, 0.1) is 25.7 Å². The standard InChI is InChI=1S/C33H46F3N3O2/c1-23-20-24(2)22-37(21-23)14-6-7-19-41-31-13-12-30(25(3)26(31)4)27(5)38-15-17-39(18-16-38)32(40)28-8-10-29(11-9-28)33(34,35)36/h8-13,23-24,27H,6-7,14-22H2,1-5H3. The SMILES string of the molecule is Cc1c(OCCCCN2CC(C)CC(C)C2)ccc(C(C)N2CCN(C(=O)c3ccc(C(F)(F)F)cc3)CC2)c1C. The molecule has 0 aliphatic carbocycles. The second-order valence-electron chi connectivity index (χ2n) is 12.2. The van der Waals surface area contributed by atoms with E-state index < -0.39 is 11.7 Å². The molecule has 3 unspecified atom stereocenters. The molecule has 0 aromatic heterocycles. The second-order valence-corrected chi connectivity index (χ2v) is 12.2. The van der Waals surface area contributed by atoms with Gasteiger partial charge in [0, 0.05) is 50.9 Å². The Kier molecular flexibility index (Phi) is 10.4. The summed E-state index contributed by atoms with van der Waals surface area (Å²) in [5.41, 5.74) is 3.20. The van der Waals surface area contributed by atoms with Crippen LogP contribution in [0.5, 0.6) is 5.75 Å². The van der Waals surface area contributed by atoms with Crippen LogP contribution in [0.4, 0.5) is 13.2 Å². The molecule has 2 saturated heterocycles. The van der Waals surface area contributed by atoms with Crippen LogP contribution in [0.3, 0.4) is 0 Å². The molecule has 1 amide bonds. The lowest BCUT2D eigenvalue weighted by Gasteiger charge is -2.39. The molecule has 2 aliphatic heterocycles. The number of nitrogens with zero attached hydrogens (tertiary/aromatic N) is 3. The number of carbonyl (C=O) groups is 1. The number of piperidine rings is 1. The zero-order valence-electron chi connectivity index (χ0n) is 25.3. The van der Waals surface area contributed by atoms with Crippen LogP contribution < -0.4 is 4.74 Å². The largest absolute Gasteiger partial charge is 0.493 e. The van der Waals surface area contributed by atoms with Crippen LogP contribution in [-0.4, -0.2) is 73.0 Å².